The van der Waals surface area contributed by atoms with Crippen LogP contribution in [0.4, 0.5) is 24.5 Å². The van der Waals surface area contributed by atoms with Gasteiger partial charge in [0.2, 0.25) is 5.91 Å². The van der Waals surface area contributed by atoms with Gasteiger partial charge < -0.3 is 15.6 Å². The molecule has 1 heterocycles. The molecule has 0 saturated carbocycles. The van der Waals surface area contributed by atoms with Gasteiger partial charge >= 0.3 is 0 Å². The Hall–Kier alpha value is -2.77. The van der Waals surface area contributed by atoms with Crippen LogP contribution in [0.3, 0.4) is 0 Å². The van der Waals surface area contributed by atoms with Crippen LogP contribution in [-0.2, 0) is 11.3 Å². The summed E-state index contributed by atoms with van der Waals surface area (Å²) < 4.78 is 40.1. The van der Waals surface area contributed by atoms with E-state index in [9.17, 15) is 22.8 Å². The monoisotopic (exact) mass is 297 g/mol. The number of carbonyl (C=O) groups is 1. The van der Waals surface area contributed by atoms with Crippen LogP contribution in [0.1, 0.15) is 0 Å². The zero-order valence-corrected chi connectivity index (χ0v) is 10.6. The molecule has 5 nitrogen and oxygen atoms in total. The Labute approximate surface area is 116 Å². The van der Waals surface area contributed by atoms with Crippen LogP contribution in [0.5, 0.6) is 0 Å². The Balaban J connectivity index is 2.17. The number of halogens is 3. The lowest BCUT2D eigenvalue weighted by atomic mass is 10.2. The van der Waals surface area contributed by atoms with E-state index in [1.807, 2.05) is 0 Å². The van der Waals surface area contributed by atoms with Crippen LogP contribution < -0.4 is 16.6 Å². The molecule has 0 bridgehead atoms. The number of hydrogen-bond acceptors (Lipinski definition) is 3. The lowest BCUT2D eigenvalue weighted by Crippen LogP contribution is -2.27. The minimum atomic E-state index is -1.36. The molecule has 1 amide bonds. The highest BCUT2D eigenvalue weighted by atomic mass is 19.2. The van der Waals surface area contributed by atoms with Crippen molar-refractivity contribution in [2.75, 3.05) is 11.1 Å². The summed E-state index contributed by atoms with van der Waals surface area (Å²) in [5, 5.41) is 2.05. The van der Waals surface area contributed by atoms with Crippen molar-refractivity contribution in [3.8, 4) is 0 Å². The number of nitrogens with zero attached hydrogens (tertiary/aromatic N) is 1. The van der Waals surface area contributed by atoms with Crippen molar-refractivity contribution in [3.63, 3.8) is 0 Å². The Morgan fingerprint density at radius 2 is 1.81 bits per heavy atom. The third-order valence-electron chi connectivity index (χ3n) is 2.60. The molecular formula is C13H10F3N3O2. The molecule has 1 aromatic carbocycles. The molecule has 3 N–H and O–H groups in total. The normalized spacial score (nSPS) is 10.4. The number of carbonyl (C=O) groups excluding carboxylic acids is 1. The zero-order chi connectivity index (χ0) is 15.6. The van der Waals surface area contributed by atoms with E-state index >= 15 is 0 Å². The molecule has 0 radical (unpaired) electrons. The van der Waals surface area contributed by atoms with Gasteiger partial charge in [0.1, 0.15) is 12.4 Å². The van der Waals surface area contributed by atoms with Gasteiger partial charge in [0.15, 0.2) is 11.6 Å². The maximum atomic E-state index is 13.4. The topological polar surface area (TPSA) is 77.1 Å². The number of benzene rings is 1. The maximum absolute atomic E-state index is 13.4. The van der Waals surface area contributed by atoms with Gasteiger partial charge in [0.05, 0.1) is 5.69 Å². The van der Waals surface area contributed by atoms with Crippen LogP contribution in [0.25, 0.3) is 0 Å². The summed E-state index contributed by atoms with van der Waals surface area (Å²) in [6.07, 6.45) is 1.24. The van der Waals surface area contributed by atoms with Crippen molar-refractivity contribution in [2.24, 2.45) is 0 Å². The van der Waals surface area contributed by atoms with E-state index in [1.54, 1.807) is 0 Å². The number of anilines is 2. The van der Waals surface area contributed by atoms with Gasteiger partial charge in [0.25, 0.3) is 5.56 Å². The Morgan fingerprint density at radius 1 is 1.14 bits per heavy atom. The average Bonchev–Trinajstić information content (AvgIpc) is 2.40. The highest BCUT2D eigenvalue weighted by molar-refractivity contribution is 5.90. The molecule has 21 heavy (non-hydrogen) atoms. The van der Waals surface area contributed by atoms with Crippen LogP contribution in [0.2, 0.25) is 0 Å². The number of amides is 1. The number of nitrogens with one attached hydrogen (secondary N) is 1. The van der Waals surface area contributed by atoms with E-state index in [-0.39, 0.29) is 5.69 Å². The van der Waals surface area contributed by atoms with Gasteiger partial charge in [-0.3, -0.25) is 9.59 Å². The molecule has 2 rings (SSSR count). The fourth-order valence-corrected chi connectivity index (χ4v) is 1.64. The molecule has 0 unspecified atom stereocenters. The third-order valence-corrected chi connectivity index (χ3v) is 2.60. The molecule has 0 aliphatic carbocycles. The van der Waals surface area contributed by atoms with Gasteiger partial charge in [-0.05, 0) is 6.07 Å². The SMILES string of the molecule is Nc1ccc(=O)n(CC(=O)Nc2cc(F)c(F)cc2F)c1. The van der Waals surface area contributed by atoms with Crippen LogP contribution >= 0.6 is 0 Å². The Morgan fingerprint density at radius 3 is 2.52 bits per heavy atom. The van der Waals surface area contributed by atoms with Crippen molar-refractivity contribution < 1.29 is 18.0 Å². The van der Waals surface area contributed by atoms with Crippen molar-refractivity contribution in [3.05, 3.63) is 58.3 Å². The number of hydrogen-bond donors (Lipinski definition) is 2. The lowest BCUT2D eigenvalue weighted by molar-refractivity contribution is -0.116. The minimum Gasteiger partial charge on any atom is -0.398 e. The second kappa shape index (κ2) is 5.70. The first-order valence-corrected chi connectivity index (χ1v) is 5.77. The second-order valence-electron chi connectivity index (χ2n) is 4.22. The molecule has 0 atom stereocenters. The van der Waals surface area contributed by atoms with E-state index in [4.69, 9.17) is 5.73 Å². The van der Waals surface area contributed by atoms with Crippen molar-refractivity contribution in [1.82, 2.24) is 4.57 Å². The van der Waals surface area contributed by atoms with E-state index in [1.165, 1.54) is 18.3 Å². The van der Waals surface area contributed by atoms with Crippen LogP contribution in [0.15, 0.2) is 35.3 Å². The molecule has 1 aromatic heterocycles. The Kier molecular flexibility index (Phi) is 3.97. The van der Waals surface area contributed by atoms with Gasteiger partial charge in [-0.1, -0.05) is 0 Å². The third kappa shape index (κ3) is 3.41. The first kappa shape index (κ1) is 14.6. The van der Waals surface area contributed by atoms with Crippen molar-refractivity contribution >= 4 is 17.3 Å². The summed E-state index contributed by atoms with van der Waals surface area (Å²) in [7, 11) is 0. The van der Waals surface area contributed by atoms with Gasteiger partial charge in [-0.25, -0.2) is 13.2 Å². The summed E-state index contributed by atoms with van der Waals surface area (Å²) in [6, 6.07) is 3.37. The summed E-state index contributed by atoms with van der Waals surface area (Å²) in [5.41, 5.74) is 4.74. The summed E-state index contributed by atoms with van der Waals surface area (Å²) >= 11 is 0. The number of nitrogens with two attached hydrogens (primary N) is 1. The molecule has 8 heteroatoms. The van der Waals surface area contributed by atoms with Crippen LogP contribution in [0, 0.1) is 17.5 Å². The predicted octanol–water partition coefficient (Wildman–Crippen LogP) is 1.49. The number of aromatic nitrogens is 1. The molecule has 110 valence electrons. The largest absolute Gasteiger partial charge is 0.398 e. The van der Waals surface area contributed by atoms with Gasteiger partial charge in [-0.2, -0.15) is 0 Å². The molecule has 0 aliphatic rings. The maximum Gasteiger partial charge on any atom is 0.251 e. The van der Waals surface area contributed by atoms with E-state index < -0.39 is 41.2 Å². The summed E-state index contributed by atoms with van der Waals surface area (Å²) in [4.78, 5) is 23.2. The molecule has 0 aliphatic heterocycles. The summed E-state index contributed by atoms with van der Waals surface area (Å²) in [6.45, 7) is -0.442. The molecule has 0 fully saturated rings. The van der Waals surface area contributed by atoms with E-state index in [0.717, 1.165) is 4.57 Å². The molecular weight excluding hydrogens is 287 g/mol. The fourth-order valence-electron chi connectivity index (χ4n) is 1.64. The standard InChI is InChI=1S/C13H10F3N3O2/c14-8-3-10(16)11(4-9(8)15)18-12(20)6-19-5-7(17)1-2-13(19)21/h1-5H,6,17H2,(H,18,20). The minimum absolute atomic E-state index is 0.265. The van der Waals surface area contributed by atoms with E-state index in [0.29, 0.717) is 12.1 Å². The fraction of sp³-hybridized carbons (Fsp3) is 0.0769. The first-order chi connectivity index (χ1) is 9.86. The molecule has 0 spiro atoms. The zero-order valence-electron chi connectivity index (χ0n) is 10.6. The molecule has 2 aromatic rings. The molecule has 0 saturated heterocycles. The summed E-state index contributed by atoms with van der Waals surface area (Å²) in [5.74, 6) is -4.57. The average molecular weight is 297 g/mol. The highest BCUT2D eigenvalue weighted by Gasteiger charge is 2.13. The quantitative estimate of drug-likeness (QED) is 0.843. The number of rotatable bonds is 3. The van der Waals surface area contributed by atoms with Crippen molar-refractivity contribution in [1.29, 1.82) is 0 Å². The predicted molar refractivity (Wildman–Crippen MR) is 70.1 cm³/mol. The second-order valence-corrected chi connectivity index (χ2v) is 4.22. The van der Waals surface area contributed by atoms with Crippen LogP contribution in [-0.4, -0.2) is 10.5 Å². The highest BCUT2D eigenvalue weighted by Crippen LogP contribution is 2.18. The number of nitrogen functional groups attached to an aromatic ring is 1. The van der Waals surface area contributed by atoms with Gasteiger partial charge in [0, 0.05) is 30.1 Å². The first-order valence-electron chi connectivity index (χ1n) is 5.77. The Bertz CT molecular complexity index is 759. The van der Waals surface area contributed by atoms with Crippen molar-refractivity contribution in [2.45, 2.75) is 6.54 Å². The van der Waals surface area contributed by atoms with Gasteiger partial charge in [-0.15, -0.1) is 0 Å². The number of pyridine rings is 1. The smallest absolute Gasteiger partial charge is 0.251 e. The van der Waals surface area contributed by atoms with E-state index in [2.05, 4.69) is 5.32 Å². The lowest BCUT2D eigenvalue weighted by Gasteiger charge is -2.09.